The molecule has 19 heavy (non-hydrogen) atoms. The summed E-state index contributed by atoms with van der Waals surface area (Å²) >= 11 is 0. The minimum absolute atomic E-state index is 0.148. The van der Waals surface area contributed by atoms with Crippen molar-refractivity contribution in [2.45, 2.75) is 46.2 Å². The second-order valence-corrected chi connectivity index (χ2v) is 5.22. The Morgan fingerprint density at radius 2 is 2.16 bits per heavy atom. The molecule has 2 atom stereocenters. The fourth-order valence-corrected chi connectivity index (χ4v) is 2.04. The van der Waals surface area contributed by atoms with Crippen molar-refractivity contribution in [1.29, 1.82) is 0 Å². The van der Waals surface area contributed by atoms with Gasteiger partial charge >= 0.3 is 0 Å². The van der Waals surface area contributed by atoms with Crippen molar-refractivity contribution in [3.8, 4) is 0 Å². The molecule has 4 heteroatoms. The van der Waals surface area contributed by atoms with Gasteiger partial charge in [0.15, 0.2) is 5.84 Å². The van der Waals surface area contributed by atoms with Crippen molar-refractivity contribution < 1.29 is 5.21 Å². The zero-order valence-electron chi connectivity index (χ0n) is 12.1. The number of benzene rings is 1. The van der Waals surface area contributed by atoms with E-state index in [9.17, 15) is 0 Å². The summed E-state index contributed by atoms with van der Waals surface area (Å²) in [5.74, 6) is 0.889. The molecule has 4 N–H and O–H groups in total. The van der Waals surface area contributed by atoms with Gasteiger partial charge < -0.3 is 16.3 Å². The summed E-state index contributed by atoms with van der Waals surface area (Å²) in [7, 11) is 0. The summed E-state index contributed by atoms with van der Waals surface area (Å²) < 4.78 is 0. The lowest BCUT2D eigenvalue weighted by Crippen LogP contribution is -2.27. The lowest BCUT2D eigenvalue weighted by Gasteiger charge is -2.17. The molecule has 1 aromatic carbocycles. The normalized spacial score (nSPS) is 15.2. The largest absolute Gasteiger partial charge is 0.409 e. The first kappa shape index (κ1) is 15.5. The second-order valence-electron chi connectivity index (χ2n) is 5.22. The molecule has 1 aromatic rings. The summed E-state index contributed by atoms with van der Waals surface area (Å²) in [4.78, 5) is 0. The molecule has 0 saturated carbocycles. The Kier molecular flexibility index (Phi) is 6.36. The molecule has 0 fully saturated rings. The van der Waals surface area contributed by atoms with E-state index in [1.165, 1.54) is 12.8 Å². The molecule has 0 aromatic heterocycles. The maximum Gasteiger partial charge on any atom is 0.170 e. The third kappa shape index (κ3) is 5.30. The quantitative estimate of drug-likeness (QED) is 0.306. The maximum absolute atomic E-state index is 8.67. The highest BCUT2D eigenvalue weighted by molar-refractivity contribution is 5.97. The summed E-state index contributed by atoms with van der Waals surface area (Å²) in [5.41, 5.74) is 7.47. The van der Waals surface area contributed by atoms with Crippen LogP contribution in [0.2, 0.25) is 0 Å². The summed E-state index contributed by atoms with van der Waals surface area (Å²) in [6, 6.07) is 8.22. The van der Waals surface area contributed by atoms with Crippen LogP contribution in [0, 0.1) is 5.92 Å². The van der Waals surface area contributed by atoms with Gasteiger partial charge in [0.25, 0.3) is 0 Å². The average Bonchev–Trinajstić information content (AvgIpc) is 2.44. The molecular formula is C15H25N3O. The predicted molar refractivity (Wildman–Crippen MR) is 79.3 cm³/mol. The zero-order chi connectivity index (χ0) is 14.3. The third-order valence-electron chi connectivity index (χ3n) is 3.44. The number of amidine groups is 1. The van der Waals surface area contributed by atoms with Crippen molar-refractivity contribution in [2.24, 2.45) is 16.8 Å². The molecular weight excluding hydrogens is 238 g/mol. The number of oxime groups is 1. The van der Waals surface area contributed by atoms with E-state index in [4.69, 9.17) is 10.9 Å². The lowest BCUT2D eigenvalue weighted by molar-refractivity contribution is 0.318. The van der Waals surface area contributed by atoms with Crippen LogP contribution in [-0.2, 0) is 6.54 Å². The number of nitrogens with two attached hydrogens (primary N) is 1. The van der Waals surface area contributed by atoms with E-state index in [1.807, 2.05) is 24.3 Å². The highest BCUT2D eigenvalue weighted by Crippen LogP contribution is 2.10. The van der Waals surface area contributed by atoms with Crippen LogP contribution < -0.4 is 11.1 Å². The topological polar surface area (TPSA) is 70.6 Å². The average molecular weight is 263 g/mol. The van der Waals surface area contributed by atoms with Crippen molar-refractivity contribution in [1.82, 2.24) is 5.32 Å². The molecule has 0 amide bonds. The first-order valence-corrected chi connectivity index (χ1v) is 6.87. The van der Waals surface area contributed by atoms with Gasteiger partial charge in [-0.15, -0.1) is 0 Å². The van der Waals surface area contributed by atoms with Gasteiger partial charge in [-0.3, -0.25) is 0 Å². The zero-order valence-corrected chi connectivity index (χ0v) is 12.1. The molecule has 0 spiro atoms. The molecule has 2 unspecified atom stereocenters. The molecule has 0 saturated heterocycles. The molecule has 0 bridgehead atoms. The summed E-state index contributed by atoms with van der Waals surface area (Å²) in [6.07, 6.45) is 2.39. The first-order chi connectivity index (χ1) is 9.06. The number of rotatable bonds is 7. The van der Waals surface area contributed by atoms with Gasteiger partial charge in [0.2, 0.25) is 0 Å². The van der Waals surface area contributed by atoms with E-state index in [1.54, 1.807) is 0 Å². The van der Waals surface area contributed by atoms with Crippen molar-refractivity contribution in [3.05, 3.63) is 35.4 Å². The molecule has 0 radical (unpaired) electrons. The van der Waals surface area contributed by atoms with Crippen molar-refractivity contribution in [2.75, 3.05) is 0 Å². The Bertz CT molecular complexity index is 418. The Balaban J connectivity index is 2.54. The third-order valence-corrected chi connectivity index (χ3v) is 3.44. The molecule has 0 aliphatic heterocycles. The van der Waals surface area contributed by atoms with E-state index < -0.39 is 0 Å². The molecule has 4 nitrogen and oxygen atoms in total. The van der Waals surface area contributed by atoms with Gasteiger partial charge in [-0.25, -0.2) is 0 Å². The SMILES string of the molecule is CCC(C)CC(C)NCc1cccc(C(N)=NO)c1. The monoisotopic (exact) mass is 263 g/mol. The first-order valence-electron chi connectivity index (χ1n) is 6.87. The van der Waals surface area contributed by atoms with Gasteiger partial charge in [-0.05, 0) is 30.9 Å². The number of nitrogens with one attached hydrogen (secondary N) is 1. The highest BCUT2D eigenvalue weighted by Gasteiger charge is 2.07. The molecule has 0 aliphatic rings. The van der Waals surface area contributed by atoms with E-state index in [2.05, 4.69) is 31.2 Å². The van der Waals surface area contributed by atoms with Gasteiger partial charge in [-0.1, -0.05) is 43.6 Å². The van der Waals surface area contributed by atoms with E-state index in [0.717, 1.165) is 23.6 Å². The minimum atomic E-state index is 0.148. The molecule has 1 rings (SSSR count). The number of hydrogen-bond donors (Lipinski definition) is 3. The Morgan fingerprint density at radius 3 is 2.79 bits per heavy atom. The van der Waals surface area contributed by atoms with Crippen LogP contribution in [0.5, 0.6) is 0 Å². The fraction of sp³-hybridized carbons (Fsp3) is 0.533. The molecule has 0 aliphatic carbocycles. The highest BCUT2D eigenvalue weighted by atomic mass is 16.4. The minimum Gasteiger partial charge on any atom is -0.409 e. The van der Waals surface area contributed by atoms with Gasteiger partial charge in [0.05, 0.1) is 0 Å². The molecule has 106 valence electrons. The van der Waals surface area contributed by atoms with Gasteiger partial charge in [0.1, 0.15) is 0 Å². The Hall–Kier alpha value is -1.55. The summed E-state index contributed by atoms with van der Waals surface area (Å²) in [6.45, 7) is 7.50. The van der Waals surface area contributed by atoms with E-state index in [-0.39, 0.29) is 5.84 Å². The Morgan fingerprint density at radius 1 is 1.42 bits per heavy atom. The van der Waals surface area contributed by atoms with Crippen LogP contribution in [-0.4, -0.2) is 17.1 Å². The van der Waals surface area contributed by atoms with Gasteiger partial charge in [-0.2, -0.15) is 0 Å². The lowest BCUT2D eigenvalue weighted by atomic mass is 10.00. The molecule has 0 heterocycles. The van der Waals surface area contributed by atoms with E-state index in [0.29, 0.717) is 6.04 Å². The maximum atomic E-state index is 8.67. The number of hydrogen-bond acceptors (Lipinski definition) is 3. The second kappa shape index (κ2) is 7.79. The standard InChI is InChI=1S/C15H25N3O/c1-4-11(2)8-12(3)17-10-13-6-5-7-14(9-13)15(16)18-19/h5-7,9,11-12,17,19H,4,8,10H2,1-3H3,(H2,16,18). The number of nitrogens with zero attached hydrogens (tertiary/aromatic N) is 1. The van der Waals surface area contributed by atoms with Crippen LogP contribution in [0.15, 0.2) is 29.4 Å². The van der Waals surface area contributed by atoms with Crippen LogP contribution in [0.3, 0.4) is 0 Å². The van der Waals surface area contributed by atoms with Crippen LogP contribution in [0.1, 0.15) is 44.7 Å². The van der Waals surface area contributed by atoms with Crippen LogP contribution in [0.25, 0.3) is 0 Å². The van der Waals surface area contributed by atoms with Crippen LogP contribution >= 0.6 is 0 Å². The van der Waals surface area contributed by atoms with Crippen LogP contribution in [0.4, 0.5) is 0 Å². The fourth-order valence-electron chi connectivity index (χ4n) is 2.04. The Labute approximate surface area is 115 Å². The summed E-state index contributed by atoms with van der Waals surface area (Å²) in [5, 5.41) is 15.2. The van der Waals surface area contributed by atoms with Gasteiger partial charge in [0, 0.05) is 18.2 Å². The van der Waals surface area contributed by atoms with E-state index >= 15 is 0 Å². The predicted octanol–water partition coefficient (Wildman–Crippen LogP) is 2.70. The van der Waals surface area contributed by atoms with Crippen molar-refractivity contribution in [3.63, 3.8) is 0 Å². The smallest absolute Gasteiger partial charge is 0.170 e. The van der Waals surface area contributed by atoms with Crippen molar-refractivity contribution >= 4 is 5.84 Å².